The summed E-state index contributed by atoms with van der Waals surface area (Å²) in [6.45, 7) is 2.06. The Morgan fingerprint density at radius 2 is 2.00 bits per heavy atom. The van der Waals surface area contributed by atoms with Gasteiger partial charge in [0.2, 0.25) is 0 Å². The molecule has 104 valence electrons. The van der Waals surface area contributed by atoms with Gasteiger partial charge in [-0.1, -0.05) is 58.7 Å². The van der Waals surface area contributed by atoms with Gasteiger partial charge in [0, 0.05) is 10.6 Å². The van der Waals surface area contributed by atoms with Crippen molar-refractivity contribution in [3.05, 3.63) is 82.5 Å². The third-order valence-corrected chi connectivity index (χ3v) is 3.32. The minimum Gasteiger partial charge on any atom is -0.334 e. The fourth-order valence-corrected chi connectivity index (χ4v) is 2.33. The molecule has 1 aromatic heterocycles. The molecule has 3 nitrogen and oxygen atoms in total. The first-order chi connectivity index (χ1) is 10.2. The van der Waals surface area contributed by atoms with E-state index in [1.165, 1.54) is 11.9 Å². The van der Waals surface area contributed by atoms with Gasteiger partial charge in [0.05, 0.1) is 0 Å². The van der Waals surface area contributed by atoms with Crippen LogP contribution in [0, 0.1) is 6.92 Å². The zero-order valence-electron chi connectivity index (χ0n) is 11.5. The second-order valence-electron chi connectivity index (χ2n) is 4.73. The van der Waals surface area contributed by atoms with Crippen LogP contribution in [0.15, 0.2) is 59.4 Å². The van der Waals surface area contributed by atoms with Crippen LogP contribution in [0.2, 0.25) is 5.02 Å². The van der Waals surface area contributed by atoms with E-state index in [9.17, 15) is 0 Å². The zero-order chi connectivity index (χ0) is 14.7. The molecule has 0 atom stereocenters. The third-order valence-electron chi connectivity index (χ3n) is 3.08. The van der Waals surface area contributed by atoms with Crippen LogP contribution in [-0.4, -0.2) is 10.1 Å². The third kappa shape index (κ3) is 3.20. The van der Waals surface area contributed by atoms with Gasteiger partial charge in [0.25, 0.3) is 5.89 Å². The lowest BCUT2D eigenvalue weighted by Gasteiger charge is -2.05. The summed E-state index contributed by atoms with van der Waals surface area (Å²) in [6, 6.07) is 15.8. The molecule has 0 amide bonds. The average molecular weight is 297 g/mol. The van der Waals surface area contributed by atoms with Crippen LogP contribution < -0.4 is 0 Å². The molecular weight excluding hydrogens is 284 g/mol. The van der Waals surface area contributed by atoms with E-state index >= 15 is 0 Å². The smallest absolute Gasteiger partial charge is 0.258 e. The summed E-state index contributed by atoms with van der Waals surface area (Å²) < 4.78 is 5.22. The number of benzene rings is 2. The lowest BCUT2D eigenvalue weighted by atomic mass is 10.0. The Morgan fingerprint density at radius 3 is 2.71 bits per heavy atom. The molecule has 0 saturated heterocycles. The van der Waals surface area contributed by atoms with Gasteiger partial charge in [-0.25, -0.2) is 0 Å². The number of aromatic nitrogens is 2. The van der Waals surface area contributed by atoms with Crippen molar-refractivity contribution in [2.24, 2.45) is 0 Å². The van der Waals surface area contributed by atoms with E-state index < -0.39 is 0 Å². The molecule has 0 fully saturated rings. The molecule has 0 radical (unpaired) electrons. The summed E-state index contributed by atoms with van der Waals surface area (Å²) in [7, 11) is 0. The quantitative estimate of drug-likeness (QED) is 0.662. The maximum Gasteiger partial charge on any atom is 0.258 e. The highest BCUT2D eigenvalue weighted by atomic mass is 35.5. The largest absolute Gasteiger partial charge is 0.334 e. The molecule has 0 bridgehead atoms. The van der Waals surface area contributed by atoms with Gasteiger partial charge in [-0.3, -0.25) is 0 Å². The molecule has 0 spiro atoms. The topological polar surface area (TPSA) is 38.9 Å². The monoisotopic (exact) mass is 296 g/mol. The fraction of sp³-hybridized carbons (Fsp3) is 0.0588. The summed E-state index contributed by atoms with van der Waals surface area (Å²) in [5.74, 6) is 0.471. The Hall–Kier alpha value is -2.39. The molecule has 4 heteroatoms. The lowest BCUT2D eigenvalue weighted by Crippen LogP contribution is -1.89. The van der Waals surface area contributed by atoms with Crippen molar-refractivity contribution in [3.63, 3.8) is 0 Å². The van der Waals surface area contributed by atoms with Crippen molar-refractivity contribution in [1.29, 1.82) is 0 Å². The van der Waals surface area contributed by atoms with Crippen molar-refractivity contribution in [2.75, 3.05) is 0 Å². The van der Waals surface area contributed by atoms with Gasteiger partial charge in [-0.15, -0.1) is 0 Å². The van der Waals surface area contributed by atoms with E-state index in [2.05, 4.69) is 29.2 Å². The molecule has 0 saturated carbocycles. The summed E-state index contributed by atoms with van der Waals surface area (Å²) in [4.78, 5) is 4.15. The van der Waals surface area contributed by atoms with E-state index in [-0.39, 0.29) is 0 Å². The van der Waals surface area contributed by atoms with E-state index in [0.29, 0.717) is 10.9 Å². The van der Waals surface area contributed by atoms with Crippen LogP contribution in [0.5, 0.6) is 0 Å². The maximum atomic E-state index is 6.08. The van der Waals surface area contributed by atoms with E-state index in [0.717, 1.165) is 16.7 Å². The summed E-state index contributed by atoms with van der Waals surface area (Å²) >= 11 is 6.08. The van der Waals surface area contributed by atoms with Crippen LogP contribution in [0.3, 0.4) is 0 Å². The van der Waals surface area contributed by atoms with Crippen molar-refractivity contribution < 1.29 is 4.52 Å². The Bertz CT molecular complexity index is 779. The predicted molar refractivity (Wildman–Crippen MR) is 83.9 cm³/mol. The number of nitrogens with zero attached hydrogens (tertiary/aromatic N) is 2. The maximum absolute atomic E-state index is 6.08. The van der Waals surface area contributed by atoms with Crippen molar-refractivity contribution in [2.45, 2.75) is 6.92 Å². The number of aryl methyl sites for hydroxylation is 1. The molecule has 3 rings (SSSR count). The summed E-state index contributed by atoms with van der Waals surface area (Å²) in [6.07, 6.45) is 3.41. The number of rotatable bonds is 3. The van der Waals surface area contributed by atoms with Crippen LogP contribution >= 0.6 is 11.6 Å². The Morgan fingerprint density at radius 1 is 1.14 bits per heavy atom. The van der Waals surface area contributed by atoms with Gasteiger partial charge < -0.3 is 4.52 Å². The molecule has 3 aromatic rings. The zero-order valence-corrected chi connectivity index (χ0v) is 12.2. The van der Waals surface area contributed by atoms with Gasteiger partial charge in [-0.2, -0.15) is 4.98 Å². The van der Waals surface area contributed by atoms with E-state index in [4.69, 9.17) is 16.1 Å². The first-order valence-electron chi connectivity index (χ1n) is 6.54. The first kappa shape index (κ1) is 13.6. The number of halogens is 1. The Balaban J connectivity index is 2.13. The molecule has 0 aliphatic carbocycles. The van der Waals surface area contributed by atoms with Crippen LogP contribution in [0.4, 0.5) is 0 Å². The van der Waals surface area contributed by atoms with Crippen molar-refractivity contribution >= 4 is 23.3 Å². The summed E-state index contributed by atoms with van der Waals surface area (Å²) in [5, 5.41) is 4.36. The van der Waals surface area contributed by atoms with Gasteiger partial charge in [0.15, 0.2) is 6.33 Å². The first-order valence-corrected chi connectivity index (χ1v) is 6.91. The van der Waals surface area contributed by atoms with Crippen LogP contribution in [0.25, 0.3) is 11.6 Å². The van der Waals surface area contributed by atoms with Crippen LogP contribution in [0.1, 0.15) is 22.6 Å². The normalized spacial score (nSPS) is 11.6. The molecular formula is C17H13ClN2O. The average Bonchev–Trinajstić information content (AvgIpc) is 2.99. The fourth-order valence-electron chi connectivity index (χ4n) is 2.14. The number of hydrogen-bond acceptors (Lipinski definition) is 3. The predicted octanol–water partition coefficient (Wildman–Crippen LogP) is 4.62. The van der Waals surface area contributed by atoms with Gasteiger partial charge in [-0.05, 0) is 36.3 Å². The molecule has 2 aromatic carbocycles. The molecule has 1 heterocycles. The Kier molecular flexibility index (Phi) is 3.84. The highest BCUT2D eigenvalue weighted by Gasteiger charge is 2.11. The van der Waals surface area contributed by atoms with Crippen molar-refractivity contribution in [3.8, 4) is 0 Å². The van der Waals surface area contributed by atoms with Gasteiger partial charge >= 0.3 is 0 Å². The SMILES string of the molecule is Cc1cccc(/C=C(\c2cccc(Cl)c2)c2ncno2)c1. The molecule has 0 aliphatic rings. The molecule has 21 heavy (non-hydrogen) atoms. The lowest BCUT2D eigenvalue weighted by molar-refractivity contribution is 0.407. The molecule has 0 N–H and O–H groups in total. The highest BCUT2D eigenvalue weighted by molar-refractivity contribution is 6.30. The highest BCUT2D eigenvalue weighted by Crippen LogP contribution is 2.26. The number of hydrogen-bond donors (Lipinski definition) is 0. The van der Waals surface area contributed by atoms with Gasteiger partial charge in [0.1, 0.15) is 0 Å². The van der Waals surface area contributed by atoms with Crippen LogP contribution in [-0.2, 0) is 0 Å². The Labute approximate surface area is 127 Å². The second-order valence-corrected chi connectivity index (χ2v) is 5.17. The minimum atomic E-state index is 0.471. The van der Waals surface area contributed by atoms with E-state index in [1.54, 1.807) is 0 Å². The van der Waals surface area contributed by atoms with E-state index in [1.807, 2.05) is 42.5 Å². The van der Waals surface area contributed by atoms with Crippen molar-refractivity contribution in [1.82, 2.24) is 10.1 Å². The molecule has 0 aliphatic heterocycles. The standard InChI is InChI=1S/C17H13ClN2O/c1-12-4-2-5-13(8-12)9-16(17-19-11-20-21-17)14-6-3-7-15(18)10-14/h2-11H,1H3/b16-9+. The summed E-state index contributed by atoms with van der Waals surface area (Å²) in [5.41, 5.74) is 4.05. The minimum absolute atomic E-state index is 0.471. The second kappa shape index (κ2) is 5.94. The molecule has 0 unspecified atom stereocenters.